The number of likely N-dealkylation sites (tertiary alicyclic amines) is 1. The molecule has 1 aliphatic heterocycles. The number of carbonyl (C=O) groups is 2. The van der Waals surface area contributed by atoms with Crippen LogP contribution >= 0.6 is 0 Å². The molecular formula is C15H22N2O2. The molecule has 19 heavy (non-hydrogen) atoms. The van der Waals surface area contributed by atoms with Crippen LogP contribution in [0.15, 0.2) is 0 Å². The van der Waals surface area contributed by atoms with E-state index in [2.05, 4.69) is 11.2 Å². The van der Waals surface area contributed by atoms with E-state index in [4.69, 9.17) is 6.42 Å². The maximum absolute atomic E-state index is 11.8. The number of nitrogens with zero attached hydrogens (tertiary/aromatic N) is 1. The Balaban J connectivity index is 1.69. The average molecular weight is 262 g/mol. The van der Waals surface area contributed by atoms with Crippen molar-refractivity contribution in [3.63, 3.8) is 0 Å². The van der Waals surface area contributed by atoms with Crippen LogP contribution in [0.3, 0.4) is 0 Å². The first-order chi connectivity index (χ1) is 9.19. The van der Waals surface area contributed by atoms with Crippen LogP contribution in [0.2, 0.25) is 0 Å². The first-order valence-electron chi connectivity index (χ1n) is 7.22. The third-order valence-corrected chi connectivity index (χ3v) is 4.03. The second-order valence-corrected chi connectivity index (χ2v) is 5.56. The molecule has 4 nitrogen and oxygen atoms in total. The lowest BCUT2D eigenvalue weighted by Crippen LogP contribution is -2.38. The van der Waals surface area contributed by atoms with Crippen LogP contribution in [0.4, 0.5) is 0 Å². The lowest BCUT2D eigenvalue weighted by atomic mass is 9.95. The summed E-state index contributed by atoms with van der Waals surface area (Å²) in [6.07, 6.45) is 12.0. The van der Waals surface area contributed by atoms with Crippen molar-refractivity contribution >= 4 is 11.8 Å². The van der Waals surface area contributed by atoms with Crippen molar-refractivity contribution in [3.8, 4) is 12.3 Å². The molecule has 1 aliphatic carbocycles. The Morgan fingerprint density at radius 3 is 2.74 bits per heavy atom. The van der Waals surface area contributed by atoms with E-state index in [1.807, 2.05) is 0 Å². The molecule has 0 aromatic rings. The monoisotopic (exact) mass is 262 g/mol. The molecule has 0 aromatic heterocycles. The number of terminal acetylenes is 1. The van der Waals surface area contributed by atoms with Crippen molar-refractivity contribution in [2.24, 2.45) is 5.92 Å². The lowest BCUT2D eigenvalue weighted by molar-refractivity contribution is -0.128. The highest BCUT2D eigenvalue weighted by atomic mass is 16.2. The fourth-order valence-electron chi connectivity index (χ4n) is 2.88. The predicted octanol–water partition coefficient (Wildman–Crippen LogP) is 1.31. The van der Waals surface area contributed by atoms with E-state index in [0.717, 1.165) is 12.8 Å². The first-order valence-corrected chi connectivity index (χ1v) is 7.22. The van der Waals surface area contributed by atoms with Crippen LogP contribution in [0.25, 0.3) is 0 Å². The minimum Gasteiger partial charge on any atom is -0.353 e. The fraction of sp³-hybridized carbons (Fsp3) is 0.733. The van der Waals surface area contributed by atoms with Crippen LogP contribution in [-0.4, -0.2) is 35.8 Å². The second kappa shape index (κ2) is 6.60. The number of rotatable bonds is 4. The van der Waals surface area contributed by atoms with Crippen molar-refractivity contribution in [2.45, 2.75) is 51.0 Å². The van der Waals surface area contributed by atoms with Crippen molar-refractivity contribution in [2.75, 3.05) is 13.1 Å². The molecule has 1 heterocycles. The van der Waals surface area contributed by atoms with E-state index in [-0.39, 0.29) is 17.7 Å². The van der Waals surface area contributed by atoms with E-state index in [9.17, 15) is 9.59 Å². The van der Waals surface area contributed by atoms with Gasteiger partial charge in [0.15, 0.2) is 0 Å². The number of nitrogens with one attached hydrogen (secondary N) is 1. The Morgan fingerprint density at radius 1 is 1.37 bits per heavy atom. The quantitative estimate of drug-likeness (QED) is 0.777. The standard InChI is InChI=1S/C15H22N2O2/c1-2-12-10-15(19)17(11-12)9-8-14(18)16-13-6-4-3-5-7-13/h1,12-13H,3-11H2,(H,16,18). The summed E-state index contributed by atoms with van der Waals surface area (Å²) in [5.41, 5.74) is 0. The van der Waals surface area contributed by atoms with Crippen molar-refractivity contribution < 1.29 is 9.59 Å². The van der Waals surface area contributed by atoms with Gasteiger partial charge in [0.2, 0.25) is 11.8 Å². The molecule has 4 heteroatoms. The van der Waals surface area contributed by atoms with Crippen LogP contribution in [-0.2, 0) is 9.59 Å². The minimum absolute atomic E-state index is 0.0221. The lowest BCUT2D eigenvalue weighted by Gasteiger charge is -2.23. The van der Waals surface area contributed by atoms with Gasteiger partial charge in [0.25, 0.3) is 0 Å². The van der Waals surface area contributed by atoms with E-state index in [1.54, 1.807) is 4.90 Å². The van der Waals surface area contributed by atoms with E-state index < -0.39 is 0 Å². The van der Waals surface area contributed by atoms with Crippen LogP contribution in [0, 0.1) is 18.3 Å². The topological polar surface area (TPSA) is 49.4 Å². The van der Waals surface area contributed by atoms with Gasteiger partial charge in [-0.25, -0.2) is 0 Å². The van der Waals surface area contributed by atoms with Crippen LogP contribution in [0.1, 0.15) is 44.9 Å². The van der Waals surface area contributed by atoms with Gasteiger partial charge in [-0.05, 0) is 12.8 Å². The maximum Gasteiger partial charge on any atom is 0.223 e. The molecule has 2 aliphatic rings. The normalized spacial score (nSPS) is 24.3. The molecule has 1 saturated heterocycles. The largest absolute Gasteiger partial charge is 0.353 e. The number of hydrogen-bond donors (Lipinski definition) is 1. The Hall–Kier alpha value is -1.50. The second-order valence-electron chi connectivity index (χ2n) is 5.56. The molecule has 0 bridgehead atoms. The Bertz CT molecular complexity index is 380. The molecule has 2 fully saturated rings. The molecule has 0 radical (unpaired) electrons. The maximum atomic E-state index is 11.8. The highest BCUT2D eigenvalue weighted by Crippen LogP contribution is 2.18. The Morgan fingerprint density at radius 2 is 2.11 bits per heavy atom. The smallest absolute Gasteiger partial charge is 0.223 e. The Labute approximate surface area is 114 Å². The molecule has 0 spiro atoms. The summed E-state index contributed by atoms with van der Waals surface area (Å²) < 4.78 is 0. The van der Waals surface area contributed by atoms with Gasteiger partial charge in [0, 0.05) is 37.9 Å². The molecule has 1 atom stereocenters. The van der Waals surface area contributed by atoms with Gasteiger partial charge in [-0.15, -0.1) is 12.3 Å². The summed E-state index contributed by atoms with van der Waals surface area (Å²) in [4.78, 5) is 25.2. The number of amides is 2. The van der Waals surface area contributed by atoms with Gasteiger partial charge in [-0.3, -0.25) is 9.59 Å². The van der Waals surface area contributed by atoms with E-state index >= 15 is 0 Å². The zero-order chi connectivity index (χ0) is 13.7. The molecule has 104 valence electrons. The first kappa shape index (κ1) is 13.9. The molecule has 2 amide bonds. The van der Waals surface area contributed by atoms with Crippen molar-refractivity contribution in [3.05, 3.63) is 0 Å². The molecule has 2 rings (SSSR count). The van der Waals surface area contributed by atoms with Gasteiger partial charge in [-0.1, -0.05) is 19.3 Å². The van der Waals surface area contributed by atoms with Crippen molar-refractivity contribution in [1.29, 1.82) is 0 Å². The SMILES string of the molecule is C#CC1CC(=O)N(CCC(=O)NC2CCCCC2)C1. The molecular weight excluding hydrogens is 240 g/mol. The van der Waals surface area contributed by atoms with Gasteiger partial charge in [-0.2, -0.15) is 0 Å². The zero-order valence-corrected chi connectivity index (χ0v) is 11.4. The minimum atomic E-state index is 0.0221. The summed E-state index contributed by atoms with van der Waals surface area (Å²) in [6, 6.07) is 0.342. The van der Waals surface area contributed by atoms with Crippen LogP contribution < -0.4 is 5.32 Å². The van der Waals surface area contributed by atoms with Crippen LogP contribution in [0.5, 0.6) is 0 Å². The highest BCUT2D eigenvalue weighted by Gasteiger charge is 2.28. The summed E-state index contributed by atoms with van der Waals surface area (Å²) in [5, 5.41) is 3.07. The summed E-state index contributed by atoms with van der Waals surface area (Å²) in [5.74, 6) is 2.77. The molecule has 1 saturated carbocycles. The fourth-order valence-corrected chi connectivity index (χ4v) is 2.88. The zero-order valence-electron chi connectivity index (χ0n) is 11.4. The van der Waals surface area contributed by atoms with E-state index in [0.29, 0.717) is 32.0 Å². The number of hydrogen-bond acceptors (Lipinski definition) is 2. The Kier molecular flexibility index (Phi) is 4.84. The summed E-state index contributed by atoms with van der Waals surface area (Å²) in [7, 11) is 0. The molecule has 0 aromatic carbocycles. The van der Waals surface area contributed by atoms with Gasteiger partial charge < -0.3 is 10.2 Å². The number of carbonyl (C=O) groups excluding carboxylic acids is 2. The third-order valence-electron chi connectivity index (χ3n) is 4.03. The summed E-state index contributed by atoms with van der Waals surface area (Å²) in [6.45, 7) is 1.10. The third kappa shape index (κ3) is 3.99. The van der Waals surface area contributed by atoms with Gasteiger partial charge in [0.1, 0.15) is 0 Å². The molecule has 1 N–H and O–H groups in total. The predicted molar refractivity (Wildman–Crippen MR) is 73.2 cm³/mol. The van der Waals surface area contributed by atoms with E-state index in [1.165, 1.54) is 19.3 Å². The van der Waals surface area contributed by atoms with Gasteiger partial charge >= 0.3 is 0 Å². The highest BCUT2D eigenvalue weighted by molar-refractivity contribution is 5.81. The summed E-state index contributed by atoms with van der Waals surface area (Å²) >= 11 is 0. The molecule has 1 unspecified atom stereocenters. The van der Waals surface area contributed by atoms with Crippen molar-refractivity contribution in [1.82, 2.24) is 10.2 Å². The average Bonchev–Trinajstić information content (AvgIpc) is 2.78. The van der Waals surface area contributed by atoms with Gasteiger partial charge in [0.05, 0.1) is 0 Å².